The molecule has 0 spiro atoms. The van der Waals surface area contributed by atoms with Crippen molar-refractivity contribution in [2.45, 2.75) is 46.5 Å². The van der Waals surface area contributed by atoms with E-state index in [9.17, 15) is 4.79 Å². The van der Waals surface area contributed by atoms with Crippen LogP contribution in [0.4, 0.5) is 0 Å². The zero-order valence-corrected chi connectivity index (χ0v) is 12.6. The number of hydrogen-bond acceptors (Lipinski definition) is 3. The van der Waals surface area contributed by atoms with Gasteiger partial charge in [0, 0.05) is 5.71 Å². The van der Waals surface area contributed by atoms with Gasteiger partial charge in [-0.3, -0.25) is 4.79 Å². The van der Waals surface area contributed by atoms with Crippen LogP contribution >= 0.6 is 0 Å². The Hall–Kier alpha value is -1.84. The summed E-state index contributed by atoms with van der Waals surface area (Å²) in [5.74, 6) is 0.472. The van der Waals surface area contributed by atoms with E-state index in [2.05, 4.69) is 17.5 Å². The van der Waals surface area contributed by atoms with Crippen LogP contribution < -0.4 is 10.2 Å². The minimum Gasteiger partial charge on any atom is -0.484 e. The van der Waals surface area contributed by atoms with Crippen LogP contribution in [-0.4, -0.2) is 18.2 Å². The lowest BCUT2D eigenvalue weighted by Crippen LogP contribution is -2.25. The summed E-state index contributed by atoms with van der Waals surface area (Å²) in [6, 6.07) is 7.62. The molecule has 0 aliphatic carbocycles. The van der Waals surface area contributed by atoms with Crippen molar-refractivity contribution in [1.29, 1.82) is 0 Å². The Balaban J connectivity index is 2.37. The van der Waals surface area contributed by atoms with E-state index >= 15 is 0 Å². The maximum absolute atomic E-state index is 11.7. The SMILES string of the molecule is CCCC/C(CC)=N/NC(=O)COc1cccc(C)c1. The summed E-state index contributed by atoms with van der Waals surface area (Å²) in [6.07, 6.45) is 4.02. The number of ether oxygens (including phenoxy) is 1. The van der Waals surface area contributed by atoms with Crippen molar-refractivity contribution in [3.63, 3.8) is 0 Å². The van der Waals surface area contributed by atoms with E-state index < -0.39 is 0 Å². The largest absolute Gasteiger partial charge is 0.484 e. The van der Waals surface area contributed by atoms with E-state index in [0.717, 1.165) is 37.0 Å². The highest BCUT2D eigenvalue weighted by atomic mass is 16.5. The zero-order valence-electron chi connectivity index (χ0n) is 12.6. The third-order valence-electron chi connectivity index (χ3n) is 2.93. The predicted octanol–water partition coefficient (Wildman–Crippen LogP) is 3.45. The van der Waals surface area contributed by atoms with E-state index in [0.29, 0.717) is 5.75 Å². The van der Waals surface area contributed by atoms with Crippen molar-refractivity contribution in [2.75, 3.05) is 6.61 Å². The van der Waals surface area contributed by atoms with Crippen molar-refractivity contribution in [2.24, 2.45) is 5.10 Å². The number of nitrogens with zero attached hydrogens (tertiary/aromatic N) is 1. The Morgan fingerprint density at radius 3 is 2.80 bits per heavy atom. The number of benzene rings is 1. The van der Waals surface area contributed by atoms with E-state index in [1.807, 2.05) is 38.1 Å². The van der Waals surface area contributed by atoms with Gasteiger partial charge in [-0.25, -0.2) is 5.43 Å². The van der Waals surface area contributed by atoms with Gasteiger partial charge in [-0.1, -0.05) is 32.4 Å². The molecular weight excluding hydrogens is 252 g/mol. The van der Waals surface area contributed by atoms with Gasteiger partial charge in [0.1, 0.15) is 5.75 Å². The summed E-state index contributed by atoms with van der Waals surface area (Å²) in [5, 5.41) is 4.15. The van der Waals surface area contributed by atoms with Crippen molar-refractivity contribution in [3.8, 4) is 5.75 Å². The second kappa shape index (κ2) is 9.13. The molecule has 0 heterocycles. The first-order valence-electron chi connectivity index (χ1n) is 7.19. The molecular formula is C16H24N2O2. The molecule has 20 heavy (non-hydrogen) atoms. The molecule has 0 aliphatic heterocycles. The van der Waals surface area contributed by atoms with E-state index in [4.69, 9.17) is 4.74 Å². The van der Waals surface area contributed by atoms with Gasteiger partial charge in [0.05, 0.1) is 0 Å². The summed E-state index contributed by atoms with van der Waals surface area (Å²) in [5.41, 5.74) is 4.68. The molecule has 0 bridgehead atoms. The van der Waals surface area contributed by atoms with Crippen molar-refractivity contribution in [1.82, 2.24) is 5.43 Å². The summed E-state index contributed by atoms with van der Waals surface area (Å²) in [4.78, 5) is 11.7. The quantitative estimate of drug-likeness (QED) is 0.584. The average Bonchev–Trinajstić information content (AvgIpc) is 2.45. The lowest BCUT2D eigenvalue weighted by Gasteiger charge is -2.07. The fraction of sp³-hybridized carbons (Fsp3) is 0.500. The van der Waals surface area contributed by atoms with Gasteiger partial charge >= 0.3 is 0 Å². The van der Waals surface area contributed by atoms with Crippen LogP contribution in [0.5, 0.6) is 5.75 Å². The van der Waals surface area contributed by atoms with Crippen LogP contribution in [0.2, 0.25) is 0 Å². The second-order valence-electron chi connectivity index (χ2n) is 4.78. The van der Waals surface area contributed by atoms with Gasteiger partial charge in [-0.15, -0.1) is 0 Å². The topological polar surface area (TPSA) is 50.7 Å². The molecule has 4 heteroatoms. The average molecular weight is 276 g/mol. The molecule has 1 aromatic rings. The minimum atomic E-state index is -0.228. The highest BCUT2D eigenvalue weighted by Gasteiger charge is 2.03. The van der Waals surface area contributed by atoms with Gasteiger partial charge in [-0.2, -0.15) is 5.10 Å². The number of nitrogens with one attached hydrogen (secondary N) is 1. The molecule has 110 valence electrons. The number of aryl methyl sites for hydroxylation is 1. The van der Waals surface area contributed by atoms with E-state index in [1.165, 1.54) is 0 Å². The number of unbranched alkanes of at least 4 members (excludes halogenated alkanes) is 1. The highest BCUT2D eigenvalue weighted by Crippen LogP contribution is 2.11. The lowest BCUT2D eigenvalue weighted by molar-refractivity contribution is -0.123. The molecule has 4 nitrogen and oxygen atoms in total. The Bertz CT molecular complexity index is 456. The van der Waals surface area contributed by atoms with Crippen LogP contribution in [0.25, 0.3) is 0 Å². The number of rotatable bonds is 8. The number of carbonyl (C=O) groups is 1. The van der Waals surface area contributed by atoms with Gasteiger partial charge in [0.15, 0.2) is 6.61 Å². The maximum Gasteiger partial charge on any atom is 0.277 e. The fourth-order valence-corrected chi connectivity index (χ4v) is 1.72. The Kier molecular flexibility index (Phi) is 7.40. The molecule has 0 aromatic heterocycles. The molecule has 0 saturated heterocycles. The molecule has 0 atom stereocenters. The number of hydrogen-bond donors (Lipinski definition) is 1. The highest BCUT2D eigenvalue weighted by molar-refractivity contribution is 5.86. The Morgan fingerprint density at radius 1 is 1.35 bits per heavy atom. The van der Waals surface area contributed by atoms with E-state index in [-0.39, 0.29) is 12.5 Å². The van der Waals surface area contributed by atoms with Crippen LogP contribution in [0.1, 0.15) is 45.1 Å². The van der Waals surface area contributed by atoms with Gasteiger partial charge < -0.3 is 4.74 Å². The van der Waals surface area contributed by atoms with Crippen molar-refractivity contribution < 1.29 is 9.53 Å². The Morgan fingerprint density at radius 2 is 2.15 bits per heavy atom. The first-order valence-corrected chi connectivity index (χ1v) is 7.19. The summed E-state index contributed by atoms with van der Waals surface area (Å²) in [6.45, 7) is 6.15. The van der Waals surface area contributed by atoms with Gasteiger partial charge in [0.2, 0.25) is 0 Å². The number of hydrazone groups is 1. The molecule has 1 amide bonds. The third kappa shape index (κ3) is 6.36. The second-order valence-corrected chi connectivity index (χ2v) is 4.78. The normalized spacial score (nSPS) is 11.2. The summed E-state index contributed by atoms with van der Waals surface area (Å²) in [7, 11) is 0. The van der Waals surface area contributed by atoms with E-state index in [1.54, 1.807) is 0 Å². The molecule has 0 fully saturated rings. The van der Waals surface area contributed by atoms with Crippen LogP contribution in [0.15, 0.2) is 29.4 Å². The lowest BCUT2D eigenvalue weighted by atomic mass is 10.1. The maximum atomic E-state index is 11.7. The minimum absolute atomic E-state index is 0.0161. The molecule has 0 radical (unpaired) electrons. The van der Waals surface area contributed by atoms with Gasteiger partial charge in [-0.05, 0) is 43.9 Å². The summed E-state index contributed by atoms with van der Waals surface area (Å²) >= 11 is 0. The van der Waals surface area contributed by atoms with Crippen LogP contribution in [-0.2, 0) is 4.79 Å². The van der Waals surface area contributed by atoms with Crippen LogP contribution in [0, 0.1) is 6.92 Å². The zero-order chi connectivity index (χ0) is 14.8. The molecule has 0 aliphatic rings. The fourth-order valence-electron chi connectivity index (χ4n) is 1.72. The predicted molar refractivity (Wildman–Crippen MR) is 82.1 cm³/mol. The number of carbonyl (C=O) groups excluding carboxylic acids is 1. The molecule has 0 unspecified atom stereocenters. The monoisotopic (exact) mass is 276 g/mol. The third-order valence-corrected chi connectivity index (χ3v) is 2.93. The number of amides is 1. The smallest absolute Gasteiger partial charge is 0.277 e. The molecule has 1 N–H and O–H groups in total. The van der Waals surface area contributed by atoms with Crippen molar-refractivity contribution in [3.05, 3.63) is 29.8 Å². The standard InChI is InChI=1S/C16H24N2O2/c1-4-6-9-14(5-2)17-18-16(19)12-20-15-10-7-8-13(3)11-15/h7-8,10-11H,4-6,9,12H2,1-3H3,(H,18,19)/b17-14+. The molecule has 0 saturated carbocycles. The Labute approximate surface area is 121 Å². The summed E-state index contributed by atoms with van der Waals surface area (Å²) < 4.78 is 5.41. The first kappa shape index (κ1) is 16.2. The first-order chi connectivity index (χ1) is 9.65. The molecule has 1 rings (SSSR count). The van der Waals surface area contributed by atoms with Crippen LogP contribution in [0.3, 0.4) is 0 Å². The van der Waals surface area contributed by atoms with Gasteiger partial charge in [0.25, 0.3) is 5.91 Å². The van der Waals surface area contributed by atoms with Crippen molar-refractivity contribution >= 4 is 11.6 Å². The molecule has 1 aromatic carbocycles.